The van der Waals surface area contributed by atoms with Crippen molar-refractivity contribution >= 4 is 29.7 Å². The molecule has 4 rings (SSSR count). The maximum atomic E-state index is 14.0. The molecule has 6 heteroatoms. The fraction of sp³-hybridized carbons (Fsp3) is 0.452. The SMILES string of the molecule is C=Nc1ccc(F)cc1/C(=C\C)C1C[C@@H]2CC(C(C)C(=O)Nc3ccc(C#CC(C)(C)O)cn3)C[C@@H]2C1. The minimum absolute atomic E-state index is 0.0139. The van der Waals surface area contributed by atoms with E-state index in [0.717, 1.165) is 42.5 Å². The summed E-state index contributed by atoms with van der Waals surface area (Å²) in [6, 6.07) is 8.22. The van der Waals surface area contributed by atoms with Gasteiger partial charge in [0.25, 0.3) is 0 Å². The molecule has 5 atom stereocenters. The van der Waals surface area contributed by atoms with Crippen LogP contribution in [0.3, 0.4) is 0 Å². The number of fused-ring (bicyclic) bond motifs is 1. The van der Waals surface area contributed by atoms with Gasteiger partial charge in [0.05, 0.1) is 5.69 Å². The van der Waals surface area contributed by atoms with Crippen LogP contribution in [0.1, 0.15) is 64.5 Å². The van der Waals surface area contributed by atoms with Crippen LogP contribution in [0.15, 0.2) is 47.6 Å². The molecule has 2 aromatic rings. The van der Waals surface area contributed by atoms with Gasteiger partial charge in [-0.1, -0.05) is 24.8 Å². The molecule has 2 saturated carbocycles. The molecule has 37 heavy (non-hydrogen) atoms. The molecule has 2 fully saturated rings. The molecular weight excluding hydrogens is 465 g/mol. The fourth-order valence-electron chi connectivity index (χ4n) is 6.04. The zero-order valence-electron chi connectivity index (χ0n) is 22.1. The van der Waals surface area contributed by atoms with Crippen molar-refractivity contribution in [3.63, 3.8) is 0 Å². The predicted molar refractivity (Wildman–Crippen MR) is 147 cm³/mol. The highest BCUT2D eigenvalue weighted by Gasteiger charge is 2.45. The number of hydrogen-bond donors (Lipinski definition) is 2. The number of anilines is 1. The summed E-state index contributed by atoms with van der Waals surface area (Å²) in [6.07, 6.45) is 7.86. The van der Waals surface area contributed by atoms with Gasteiger partial charge < -0.3 is 10.4 Å². The second-order valence-corrected chi connectivity index (χ2v) is 11.0. The Morgan fingerprint density at radius 2 is 1.95 bits per heavy atom. The first-order chi connectivity index (χ1) is 17.6. The number of aliphatic hydroxyl groups is 1. The van der Waals surface area contributed by atoms with Crippen LogP contribution in [0.25, 0.3) is 5.57 Å². The van der Waals surface area contributed by atoms with Crippen LogP contribution in [0.5, 0.6) is 0 Å². The molecule has 0 spiro atoms. The summed E-state index contributed by atoms with van der Waals surface area (Å²) in [5.41, 5.74) is 2.33. The van der Waals surface area contributed by atoms with Crippen molar-refractivity contribution in [2.75, 3.05) is 5.32 Å². The van der Waals surface area contributed by atoms with E-state index in [1.165, 1.54) is 6.07 Å². The molecular formula is C31H36FN3O2. The van der Waals surface area contributed by atoms with Crippen molar-refractivity contribution in [3.05, 3.63) is 59.5 Å². The van der Waals surface area contributed by atoms with E-state index in [2.05, 4.69) is 39.9 Å². The molecule has 2 N–H and O–H groups in total. The minimum atomic E-state index is -1.07. The van der Waals surface area contributed by atoms with E-state index in [1.54, 1.807) is 44.3 Å². The van der Waals surface area contributed by atoms with Crippen molar-refractivity contribution in [1.29, 1.82) is 0 Å². The molecule has 3 unspecified atom stereocenters. The van der Waals surface area contributed by atoms with Gasteiger partial charge in [-0.3, -0.25) is 9.79 Å². The largest absolute Gasteiger partial charge is 0.378 e. The Balaban J connectivity index is 1.35. The summed E-state index contributed by atoms with van der Waals surface area (Å²) in [7, 11) is 0. The van der Waals surface area contributed by atoms with Crippen molar-refractivity contribution in [3.8, 4) is 11.8 Å². The van der Waals surface area contributed by atoms with Crippen molar-refractivity contribution < 1.29 is 14.3 Å². The molecule has 2 aliphatic rings. The summed E-state index contributed by atoms with van der Waals surface area (Å²) < 4.78 is 14.0. The third-order valence-electron chi connectivity index (χ3n) is 7.89. The molecule has 2 aliphatic carbocycles. The average molecular weight is 502 g/mol. The van der Waals surface area contributed by atoms with Gasteiger partial charge in [0.1, 0.15) is 17.2 Å². The van der Waals surface area contributed by atoms with Crippen LogP contribution < -0.4 is 5.32 Å². The number of nitrogens with zero attached hydrogens (tertiary/aromatic N) is 2. The quantitative estimate of drug-likeness (QED) is 0.355. The Morgan fingerprint density at radius 1 is 1.24 bits per heavy atom. The Morgan fingerprint density at radius 3 is 2.51 bits per heavy atom. The van der Waals surface area contributed by atoms with Gasteiger partial charge in [0.2, 0.25) is 5.91 Å². The van der Waals surface area contributed by atoms with Gasteiger partial charge in [-0.15, -0.1) is 0 Å². The highest BCUT2D eigenvalue weighted by atomic mass is 19.1. The van der Waals surface area contributed by atoms with Crippen molar-refractivity contribution in [1.82, 2.24) is 4.98 Å². The molecule has 0 saturated heterocycles. The van der Waals surface area contributed by atoms with E-state index in [-0.39, 0.29) is 17.6 Å². The van der Waals surface area contributed by atoms with Crippen LogP contribution in [0.2, 0.25) is 0 Å². The monoisotopic (exact) mass is 501 g/mol. The minimum Gasteiger partial charge on any atom is -0.378 e. The highest BCUT2D eigenvalue weighted by Crippen LogP contribution is 2.54. The number of aromatic nitrogens is 1. The molecule has 194 valence electrons. The van der Waals surface area contributed by atoms with Crippen LogP contribution in [0.4, 0.5) is 15.9 Å². The van der Waals surface area contributed by atoms with Gasteiger partial charge in [0.15, 0.2) is 0 Å². The van der Waals surface area contributed by atoms with Crippen molar-refractivity contribution in [2.24, 2.45) is 34.6 Å². The van der Waals surface area contributed by atoms with Crippen LogP contribution in [-0.4, -0.2) is 28.3 Å². The van der Waals surface area contributed by atoms with E-state index >= 15 is 0 Å². The summed E-state index contributed by atoms with van der Waals surface area (Å²) in [5, 5.41) is 12.7. The number of hydrogen-bond acceptors (Lipinski definition) is 4. The molecule has 1 heterocycles. The third-order valence-corrected chi connectivity index (χ3v) is 7.89. The van der Waals surface area contributed by atoms with Crippen molar-refractivity contribution in [2.45, 2.75) is 59.0 Å². The lowest BCUT2D eigenvalue weighted by Gasteiger charge is -2.22. The third kappa shape index (κ3) is 6.34. The first-order valence-corrected chi connectivity index (χ1v) is 13.0. The molecule has 1 amide bonds. The van der Waals surface area contributed by atoms with Crippen LogP contribution >= 0.6 is 0 Å². The number of carbonyl (C=O) groups excluding carboxylic acids is 1. The number of allylic oxidation sites excluding steroid dienone is 2. The maximum absolute atomic E-state index is 14.0. The number of nitrogens with one attached hydrogen (secondary N) is 1. The number of aliphatic imine (C=N–C) groups is 1. The highest BCUT2D eigenvalue weighted by molar-refractivity contribution is 5.91. The smallest absolute Gasteiger partial charge is 0.228 e. The predicted octanol–water partition coefficient (Wildman–Crippen LogP) is 6.41. The summed E-state index contributed by atoms with van der Waals surface area (Å²) in [5.74, 6) is 7.60. The second-order valence-electron chi connectivity index (χ2n) is 11.0. The molecule has 1 aromatic heterocycles. The van der Waals surface area contributed by atoms with Gasteiger partial charge >= 0.3 is 0 Å². The summed E-state index contributed by atoms with van der Waals surface area (Å²) in [4.78, 5) is 21.4. The van der Waals surface area contributed by atoms with Crippen LogP contribution in [-0.2, 0) is 4.79 Å². The number of benzene rings is 1. The van der Waals surface area contributed by atoms with E-state index < -0.39 is 5.60 Å². The second kappa shape index (κ2) is 11.0. The lowest BCUT2D eigenvalue weighted by Crippen LogP contribution is -2.26. The standard InChI is InChI=1S/C31H36FN3O2/c1-6-26(27-17-25(32)8-9-28(27)33-5)24-15-22-13-21(14-23(22)16-24)19(2)30(36)35-29-10-7-20(18-34-29)11-12-31(3,4)37/h6-10,17-19,21-24,37H,5,13-16H2,1-4H3,(H,34,35,36)/b26-6-/t19?,21?,22-,23+,24?. The number of halogens is 1. The van der Waals surface area contributed by atoms with Gasteiger partial charge in [-0.05, 0) is 113 Å². The van der Waals surface area contributed by atoms with Crippen LogP contribution in [0, 0.1) is 47.2 Å². The summed E-state index contributed by atoms with van der Waals surface area (Å²) >= 11 is 0. The number of amides is 1. The molecule has 0 radical (unpaired) electrons. The summed E-state index contributed by atoms with van der Waals surface area (Å²) in [6.45, 7) is 10.9. The number of pyridine rings is 1. The normalized spacial score (nSPS) is 24.1. The maximum Gasteiger partial charge on any atom is 0.228 e. The van der Waals surface area contributed by atoms with Gasteiger partial charge in [-0.2, -0.15) is 0 Å². The fourth-order valence-corrected chi connectivity index (χ4v) is 6.04. The topological polar surface area (TPSA) is 74.6 Å². The lowest BCUT2D eigenvalue weighted by atomic mass is 9.84. The van der Waals surface area contributed by atoms with Gasteiger partial charge in [0, 0.05) is 23.2 Å². The molecule has 1 aromatic carbocycles. The molecule has 0 aliphatic heterocycles. The number of rotatable bonds is 6. The first kappa shape index (κ1) is 26.8. The average Bonchev–Trinajstić information content (AvgIpc) is 3.43. The lowest BCUT2D eigenvalue weighted by molar-refractivity contribution is -0.120. The van der Waals surface area contributed by atoms with E-state index in [9.17, 15) is 14.3 Å². The zero-order valence-corrected chi connectivity index (χ0v) is 22.1. The molecule has 5 nitrogen and oxygen atoms in total. The van der Waals surface area contributed by atoms with E-state index in [4.69, 9.17) is 0 Å². The van der Waals surface area contributed by atoms with E-state index in [1.807, 2.05) is 13.8 Å². The van der Waals surface area contributed by atoms with E-state index in [0.29, 0.717) is 35.1 Å². The Kier molecular flexibility index (Phi) is 7.94. The Bertz CT molecular complexity index is 1240. The Hall–Kier alpha value is -3.30. The van der Waals surface area contributed by atoms with Gasteiger partial charge in [-0.25, -0.2) is 9.37 Å². The number of carbonyl (C=O) groups is 1. The first-order valence-electron chi connectivity index (χ1n) is 13.0. The molecule has 0 bridgehead atoms. The Labute approximate surface area is 219 Å². The zero-order chi connectivity index (χ0) is 26.7.